The fraction of sp³-hybridized carbons (Fsp3) is 0. The average Bonchev–Trinajstić information content (AvgIpc) is 3.75. The predicted octanol–water partition coefficient (Wildman–Crippen LogP) is 12.9. The Labute approximate surface area is 295 Å². The molecular formula is C47H31N3O. The second kappa shape index (κ2) is 11.9. The molecule has 0 bridgehead atoms. The average molecular weight is 654 g/mol. The Hall–Kier alpha value is -6.91. The zero-order valence-corrected chi connectivity index (χ0v) is 27.6. The van der Waals surface area contributed by atoms with Gasteiger partial charge in [-0.3, -0.25) is 4.98 Å². The van der Waals surface area contributed by atoms with Gasteiger partial charge in [-0.1, -0.05) is 109 Å². The van der Waals surface area contributed by atoms with Gasteiger partial charge in [0.25, 0.3) is 0 Å². The van der Waals surface area contributed by atoms with E-state index in [1.165, 1.54) is 32.9 Å². The van der Waals surface area contributed by atoms with Crippen LogP contribution >= 0.6 is 0 Å². The SMILES string of the molecule is c1ccc(N(c2ccc(-c3ccc(-n4c5ccccc5c5ccccc54)cc3)cc2)c2ccc(-c3cncc4c3oc3ccccc34)cc2)cc1. The van der Waals surface area contributed by atoms with Crippen molar-refractivity contribution in [1.82, 2.24) is 9.55 Å². The van der Waals surface area contributed by atoms with Crippen molar-refractivity contribution in [2.75, 3.05) is 4.90 Å². The summed E-state index contributed by atoms with van der Waals surface area (Å²) in [5, 5.41) is 4.65. The molecule has 0 aliphatic rings. The lowest BCUT2D eigenvalue weighted by Gasteiger charge is -2.26. The maximum atomic E-state index is 6.31. The Bertz CT molecular complexity index is 2780. The van der Waals surface area contributed by atoms with E-state index in [0.717, 1.165) is 55.8 Å². The second-order valence-corrected chi connectivity index (χ2v) is 12.8. The van der Waals surface area contributed by atoms with Crippen molar-refractivity contribution in [2.24, 2.45) is 0 Å². The van der Waals surface area contributed by atoms with E-state index >= 15 is 0 Å². The van der Waals surface area contributed by atoms with Crippen LogP contribution in [0.4, 0.5) is 17.1 Å². The molecular weight excluding hydrogens is 623 g/mol. The van der Waals surface area contributed by atoms with Crippen molar-refractivity contribution in [3.63, 3.8) is 0 Å². The Morgan fingerprint density at radius 2 is 0.922 bits per heavy atom. The molecule has 0 aliphatic heterocycles. The molecule has 4 heteroatoms. The van der Waals surface area contributed by atoms with Gasteiger partial charge >= 0.3 is 0 Å². The van der Waals surface area contributed by atoms with Gasteiger partial charge in [0.2, 0.25) is 0 Å². The Morgan fingerprint density at radius 1 is 0.412 bits per heavy atom. The summed E-state index contributed by atoms with van der Waals surface area (Å²) in [6, 6.07) is 62.3. The van der Waals surface area contributed by atoms with Gasteiger partial charge in [-0.05, 0) is 83.4 Å². The van der Waals surface area contributed by atoms with Crippen LogP contribution in [0.5, 0.6) is 0 Å². The zero-order valence-electron chi connectivity index (χ0n) is 27.6. The normalized spacial score (nSPS) is 11.5. The molecule has 0 spiro atoms. The first kappa shape index (κ1) is 29.0. The number of fused-ring (bicyclic) bond motifs is 6. The molecule has 0 aliphatic carbocycles. The minimum absolute atomic E-state index is 0.859. The minimum Gasteiger partial charge on any atom is -0.455 e. The van der Waals surface area contributed by atoms with Crippen LogP contribution in [0.25, 0.3) is 71.7 Å². The summed E-state index contributed by atoms with van der Waals surface area (Å²) in [7, 11) is 0. The van der Waals surface area contributed by atoms with Crippen molar-refractivity contribution in [3.05, 3.63) is 188 Å². The molecule has 7 aromatic carbocycles. The molecule has 0 saturated carbocycles. The summed E-state index contributed by atoms with van der Waals surface area (Å²) in [5.41, 5.74) is 12.9. The smallest absolute Gasteiger partial charge is 0.146 e. The first-order chi connectivity index (χ1) is 25.3. The lowest BCUT2D eigenvalue weighted by atomic mass is 10.0. The number of benzene rings is 7. The van der Waals surface area contributed by atoms with E-state index in [1.807, 2.05) is 30.6 Å². The largest absolute Gasteiger partial charge is 0.455 e. The second-order valence-electron chi connectivity index (χ2n) is 12.8. The highest BCUT2D eigenvalue weighted by Gasteiger charge is 2.16. The molecule has 0 unspecified atom stereocenters. The Kier molecular flexibility index (Phi) is 6.78. The van der Waals surface area contributed by atoms with Crippen LogP contribution in [-0.2, 0) is 0 Å². The van der Waals surface area contributed by atoms with Crippen LogP contribution in [0, 0.1) is 0 Å². The van der Waals surface area contributed by atoms with Gasteiger partial charge in [0, 0.05) is 62.3 Å². The van der Waals surface area contributed by atoms with Crippen molar-refractivity contribution in [2.45, 2.75) is 0 Å². The molecule has 4 nitrogen and oxygen atoms in total. The fourth-order valence-electron chi connectivity index (χ4n) is 7.47. The number of para-hydroxylation sites is 4. The number of pyridine rings is 1. The molecule has 3 aromatic heterocycles. The van der Waals surface area contributed by atoms with Crippen LogP contribution in [0.2, 0.25) is 0 Å². The summed E-state index contributed by atoms with van der Waals surface area (Å²) < 4.78 is 8.66. The Balaban J connectivity index is 0.980. The van der Waals surface area contributed by atoms with E-state index in [2.05, 4.69) is 172 Å². The molecule has 0 fully saturated rings. The summed E-state index contributed by atoms with van der Waals surface area (Å²) in [5.74, 6) is 0. The van der Waals surface area contributed by atoms with Crippen LogP contribution in [-0.4, -0.2) is 9.55 Å². The molecule has 10 rings (SSSR count). The lowest BCUT2D eigenvalue weighted by Crippen LogP contribution is -2.09. The number of hydrogen-bond donors (Lipinski definition) is 0. The third-order valence-electron chi connectivity index (χ3n) is 9.90. The molecule has 0 saturated heterocycles. The highest BCUT2D eigenvalue weighted by Crippen LogP contribution is 2.39. The maximum Gasteiger partial charge on any atom is 0.146 e. The van der Waals surface area contributed by atoms with Gasteiger partial charge in [-0.15, -0.1) is 0 Å². The van der Waals surface area contributed by atoms with Gasteiger partial charge in [0.1, 0.15) is 11.2 Å². The maximum absolute atomic E-state index is 6.31. The number of rotatable bonds is 6. The van der Waals surface area contributed by atoms with E-state index in [9.17, 15) is 0 Å². The molecule has 10 aromatic rings. The van der Waals surface area contributed by atoms with Gasteiger partial charge in [-0.2, -0.15) is 0 Å². The summed E-state index contributed by atoms with van der Waals surface area (Å²) in [6.07, 6.45) is 3.78. The van der Waals surface area contributed by atoms with Crippen molar-refractivity contribution >= 4 is 60.8 Å². The highest BCUT2D eigenvalue weighted by atomic mass is 16.3. The highest BCUT2D eigenvalue weighted by molar-refractivity contribution is 6.10. The minimum atomic E-state index is 0.859. The van der Waals surface area contributed by atoms with Crippen LogP contribution < -0.4 is 4.90 Å². The third kappa shape index (κ3) is 4.88. The molecule has 0 radical (unpaired) electrons. The fourth-order valence-corrected chi connectivity index (χ4v) is 7.47. The van der Waals surface area contributed by atoms with Crippen LogP contribution in [0.15, 0.2) is 193 Å². The molecule has 0 amide bonds. The van der Waals surface area contributed by atoms with E-state index < -0.39 is 0 Å². The Morgan fingerprint density at radius 3 is 1.57 bits per heavy atom. The summed E-state index contributed by atoms with van der Waals surface area (Å²) >= 11 is 0. The first-order valence-corrected chi connectivity index (χ1v) is 17.2. The van der Waals surface area contributed by atoms with Crippen molar-refractivity contribution < 1.29 is 4.42 Å². The van der Waals surface area contributed by atoms with E-state index in [4.69, 9.17) is 4.42 Å². The standard InChI is InChI=1S/C47H31N3O/c1-2-10-35(11-3-1)49(37-28-22-34(23-29-37)42-30-48-31-43-41-14-6-9-17-46(41)51-47(42)43)36-24-18-32(19-25-36)33-20-26-38(27-21-33)50-44-15-7-4-12-39(44)40-13-5-8-16-45(40)50/h1-31H. The van der Waals surface area contributed by atoms with Gasteiger partial charge in [0.15, 0.2) is 0 Å². The first-order valence-electron chi connectivity index (χ1n) is 17.2. The number of aromatic nitrogens is 2. The molecule has 3 heterocycles. The van der Waals surface area contributed by atoms with Gasteiger partial charge < -0.3 is 13.9 Å². The van der Waals surface area contributed by atoms with E-state index in [1.54, 1.807) is 0 Å². The molecule has 0 atom stereocenters. The zero-order chi connectivity index (χ0) is 33.7. The number of nitrogens with zero attached hydrogens (tertiary/aromatic N) is 3. The van der Waals surface area contributed by atoms with Crippen molar-refractivity contribution in [1.29, 1.82) is 0 Å². The summed E-state index contributed by atoms with van der Waals surface area (Å²) in [6.45, 7) is 0. The number of anilines is 3. The molecule has 240 valence electrons. The number of hydrogen-bond acceptors (Lipinski definition) is 3. The van der Waals surface area contributed by atoms with Crippen LogP contribution in [0.1, 0.15) is 0 Å². The van der Waals surface area contributed by atoms with Gasteiger partial charge in [-0.25, -0.2) is 0 Å². The van der Waals surface area contributed by atoms with Crippen LogP contribution in [0.3, 0.4) is 0 Å². The van der Waals surface area contributed by atoms with Gasteiger partial charge in [0.05, 0.1) is 11.0 Å². The van der Waals surface area contributed by atoms with Crippen molar-refractivity contribution in [3.8, 4) is 27.9 Å². The van der Waals surface area contributed by atoms with E-state index in [-0.39, 0.29) is 0 Å². The monoisotopic (exact) mass is 653 g/mol. The third-order valence-corrected chi connectivity index (χ3v) is 9.90. The summed E-state index contributed by atoms with van der Waals surface area (Å²) in [4.78, 5) is 6.86. The lowest BCUT2D eigenvalue weighted by molar-refractivity contribution is 0.669. The topological polar surface area (TPSA) is 34.2 Å². The molecule has 0 N–H and O–H groups in total. The predicted molar refractivity (Wildman–Crippen MR) is 211 cm³/mol. The number of furan rings is 1. The quantitative estimate of drug-likeness (QED) is 0.179. The van der Waals surface area contributed by atoms with E-state index in [0.29, 0.717) is 0 Å². The molecule has 51 heavy (non-hydrogen) atoms.